The highest BCUT2D eigenvalue weighted by molar-refractivity contribution is 9.09. The number of nitrogens with one attached hydrogen (secondary N) is 2. The van der Waals surface area contributed by atoms with E-state index in [1.54, 1.807) is 12.1 Å². The van der Waals surface area contributed by atoms with Gasteiger partial charge in [-0.15, -0.1) is 0 Å². The van der Waals surface area contributed by atoms with Crippen molar-refractivity contribution < 1.29 is 47.7 Å². The number of benzene rings is 1. The van der Waals surface area contributed by atoms with Crippen molar-refractivity contribution in [1.29, 1.82) is 0 Å². The monoisotopic (exact) mass is 669 g/mol. The number of anilines is 1. The molecule has 1 aromatic rings. The third-order valence-electron chi connectivity index (χ3n) is 6.64. The van der Waals surface area contributed by atoms with E-state index >= 15 is 0 Å². The molecular weight excluding hydrogens is 630 g/mol. The highest BCUT2D eigenvalue weighted by Gasteiger charge is 2.45. The van der Waals surface area contributed by atoms with Gasteiger partial charge in [-0.05, 0) is 31.4 Å². The quantitative estimate of drug-likeness (QED) is 0.106. The topological polar surface area (TPSA) is 159 Å². The van der Waals surface area contributed by atoms with Crippen LogP contribution in [0.1, 0.15) is 59.2 Å². The number of ether oxygens (including phenoxy) is 5. The van der Waals surface area contributed by atoms with Gasteiger partial charge in [-0.25, -0.2) is 0 Å². The summed E-state index contributed by atoms with van der Waals surface area (Å²) >= 11 is 3.29. The predicted octanol–water partition coefficient (Wildman–Crippen LogP) is 2.06. The van der Waals surface area contributed by atoms with Gasteiger partial charge in [0.25, 0.3) is 11.8 Å². The van der Waals surface area contributed by atoms with Gasteiger partial charge in [-0.3, -0.25) is 34.2 Å². The zero-order valence-electron chi connectivity index (χ0n) is 24.2. The van der Waals surface area contributed by atoms with E-state index in [4.69, 9.17) is 23.7 Å². The molecule has 2 N–H and O–H groups in total. The van der Waals surface area contributed by atoms with Crippen LogP contribution in [0.2, 0.25) is 0 Å². The molecule has 2 aliphatic rings. The maximum atomic E-state index is 13.1. The fraction of sp³-hybridized carbons (Fsp3) is 0.621. The molecule has 0 saturated carbocycles. The number of hydrogen-bond donors (Lipinski definition) is 2. The Morgan fingerprint density at radius 3 is 2.02 bits per heavy atom. The first-order valence-corrected chi connectivity index (χ1v) is 15.6. The Labute approximate surface area is 259 Å². The summed E-state index contributed by atoms with van der Waals surface area (Å²) in [4.78, 5) is 63.2. The van der Waals surface area contributed by atoms with Gasteiger partial charge in [-0.1, -0.05) is 28.4 Å². The SMILES string of the molecule is O=C1CCC(N2C(=O)c3cccc(NC(=O)CCCCCOCCOCCOCCOCCOCCBr)c3C2=O)C(=O)N1. The molecule has 0 bridgehead atoms. The number of carbonyl (C=O) groups excluding carboxylic acids is 5. The number of hydrogen-bond acceptors (Lipinski definition) is 10. The number of nitrogens with zero attached hydrogens (tertiary/aromatic N) is 1. The molecule has 0 spiro atoms. The molecule has 14 heteroatoms. The minimum atomic E-state index is -1.06. The van der Waals surface area contributed by atoms with Crippen LogP contribution in [0.4, 0.5) is 5.69 Å². The molecule has 0 aromatic heterocycles. The molecular formula is C29H40BrN3O10. The molecule has 0 radical (unpaired) electrons. The smallest absolute Gasteiger partial charge is 0.264 e. The Bertz CT molecular complexity index is 1100. The van der Waals surface area contributed by atoms with E-state index in [0.29, 0.717) is 72.5 Å². The number of carbonyl (C=O) groups is 5. The summed E-state index contributed by atoms with van der Waals surface area (Å²) in [5.74, 6) is -2.68. The third-order valence-corrected chi connectivity index (χ3v) is 6.97. The first-order valence-electron chi connectivity index (χ1n) is 14.5. The molecule has 2 aliphatic heterocycles. The van der Waals surface area contributed by atoms with Gasteiger partial charge < -0.3 is 29.0 Å². The summed E-state index contributed by atoms with van der Waals surface area (Å²) in [5, 5.41) is 5.71. The largest absolute Gasteiger partial charge is 0.379 e. The first-order chi connectivity index (χ1) is 20.9. The van der Waals surface area contributed by atoms with Crippen molar-refractivity contribution in [3.05, 3.63) is 29.3 Å². The molecule has 3 rings (SSSR count). The maximum absolute atomic E-state index is 13.1. The number of unbranched alkanes of at least 4 members (excludes halogenated alkanes) is 2. The second kappa shape index (κ2) is 19.5. The molecule has 5 amide bonds. The van der Waals surface area contributed by atoms with E-state index in [9.17, 15) is 24.0 Å². The van der Waals surface area contributed by atoms with E-state index in [1.165, 1.54) is 6.07 Å². The van der Waals surface area contributed by atoms with E-state index in [1.807, 2.05) is 0 Å². The van der Waals surface area contributed by atoms with Gasteiger partial charge >= 0.3 is 0 Å². The van der Waals surface area contributed by atoms with E-state index in [-0.39, 0.29) is 42.0 Å². The Kier molecular flexibility index (Phi) is 15.8. The van der Waals surface area contributed by atoms with Crippen molar-refractivity contribution in [3.63, 3.8) is 0 Å². The van der Waals surface area contributed by atoms with Gasteiger partial charge in [0, 0.05) is 24.8 Å². The summed E-state index contributed by atoms with van der Waals surface area (Å²) in [5.41, 5.74) is 0.405. The van der Waals surface area contributed by atoms with E-state index < -0.39 is 29.7 Å². The lowest BCUT2D eigenvalue weighted by atomic mass is 10.0. The third kappa shape index (κ3) is 11.4. The maximum Gasteiger partial charge on any atom is 0.264 e. The average molecular weight is 671 g/mol. The molecule has 43 heavy (non-hydrogen) atoms. The van der Waals surface area contributed by atoms with Crippen LogP contribution in [0.3, 0.4) is 0 Å². The average Bonchev–Trinajstić information content (AvgIpc) is 3.24. The Morgan fingerprint density at radius 1 is 0.814 bits per heavy atom. The number of halogens is 1. The van der Waals surface area contributed by atoms with Gasteiger partial charge in [0.2, 0.25) is 17.7 Å². The summed E-state index contributed by atoms with van der Waals surface area (Å²) in [6.45, 7) is 5.27. The molecule has 238 valence electrons. The molecule has 1 aromatic carbocycles. The summed E-state index contributed by atoms with van der Waals surface area (Å²) in [6, 6.07) is 3.55. The zero-order chi connectivity index (χ0) is 30.9. The van der Waals surface area contributed by atoms with Crippen LogP contribution in [0.5, 0.6) is 0 Å². The summed E-state index contributed by atoms with van der Waals surface area (Å²) < 4.78 is 27.1. The van der Waals surface area contributed by atoms with E-state index in [0.717, 1.165) is 23.1 Å². The fourth-order valence-electron chi connectivity index (χ4n) is 4.53. The van der Waals surface area contributed by atoms with Gasteiger partial charge in [-0.2, -0.15) is 0 Å². The number of rotatable bonds is 22. The van der Waals surface area contributed by atoms with Crippen LogP contribution >= 0.6 is 15.9 Å². The molecule has 1 saturated heterocycles. The Morgan fingerprint density at radius 2 is 1.42 bits per heavy atom. The lowest BCUT2D eigenvalue weighted by Crippen LogP contribution is -2.54. The highest BCUT2D eigenvalue weighted by atomic mass is 79.9. The van der Waals surface area contributed by atoms with Crippen molar-refractivity contribution in [1.82, 2.24) is 10.2 Å². The summed E-state index contributed by atoms with van der Waals surface area (Å²) in [7, 11) is 0. The number of imide groups is 2. The molecule has 2 heterocycles. The van der Waals surface area contributed by atoms with Gasteiger partial charge in [0.05, 0.1) is 76.3 Å². The number of amides is 5. The van der Waals surface area contributed by atoms with Crippen LogP contribution in [0.25, 0.3) is 0 Å². The predicted molar refractivity (Wildman–Crippen MR) is 158 cm³/mol. The van der Waals surface area contributed by atoms with Crippen molar-refractivity contribution in [3.8, 4) is 0 Å². The van der Waals surface area contributed by atoms with Gasteiger partial charge in [0.15, 0.2) is 0 Å². The van der Waals surface area contributed by atoms with Crippen molar-refractivity contribution >= 4 is 51.2 Å². The number of fused-ring (bicyclic) bond motifs is 1. The van der Waals surface area contributed by atoms with Crippen LogP contribution in [0.15, 0.2) is 18.2 Å². The summed E-state index contributed by atoms with van der Waals surface area (Å²) in [6.07, 6.45) is 2.53. The minimum absolute atomic E-state index is 0.0357. The van der Waals surface area contributed by atoms with Crippen LogP contribution in [-0.4, -0.2) is 112 Å². The minimum Gasteiger partial charge on any atom is -0.379 e. The van der Waals surface area contributed by atoms with E-state index in [2.05, 4.69) is 26.6 Å². The second-order valence-electron chi connectivity index (χ2n) is 9.79. The molecule has 1 unspecified atom stereocenters. The van der Waals surface area contributed by atoms with Crippen molar-refractivity contribution in [2.45, 2.75) is 44.6 Å². The highest BCUT2D eigenvalue weighted by Crippen LogP contribution is 2.32. The number of alkyl halides is 1. The normalized spacial score (nSPS) is 16.5. The first kappa shape index (κ1) is 34.7. The molecule has 1 atom stereocenters. The molecule has 13 nitrogen and oxygen atoms in total. The van der Waals surface area contributed by atoms with Crippen LogP contribution in [-0.2, 0) is 38.1 Å². The second-order valence-corrected chi connectivity index (χ2v) is 10.6. The Balaban J connectivity index is 1.22. The molecule has 1 fully saturated rings. The lowest BCUT2D eigenvalue weighted by molar-refractivity contribution is -0.136. The fourth-order valence-corrected chi connectivity index (χ4v) is 4.76. The number of piperidine rings is 1. The van der Waals surface area contributed by atoms with Gasteiger partial charge in [0.1, 0.15) is 6.04 Å². The standard InChI is InChI=1S/C29H40BrN3O10/c30-10-12-40-14-16-42-18-20-43-19-17-41-15-13-39-11-3-1-2-7-24(34)31-22-6-4-5-21-26(22)29(38)33(28(21)37)23-8-9-25(35)32-27(23)36/h4-6,23H,1-3,7-20H2,(H,31,34)(H,32,35,36). The Hall–Kier alpha value is -2.75. The molecule has 0 aliphatic carbocycles. The zero-order valence-corrected chi connectivity index (χ0v) is 25.8. The van der Waals surface area contributed by atoms with Crippen LogP contribution in [0, 0.1) is 0 Å². The van der Waals surface area contributed by atoms with Crippen LogP contribution < -0.4 is 10.6 Å². The van der Waals surface area contributed by atoms with Crippen molar-refractivity contribution in [2.75, 3.05) is 76.7 Å². The lowest BCUT2D eigenvalue weighted by Gasteiger charge is -2.27. The van der Waals surface area contributed by atoms with Crippen molar-refractivity contribution in [2.24, 2.45) is 0 Å².